The lowest BCUT2D eigenvalue weighted by Crippen LogP contribution is -2.51. The average molecular weight is 282 g/mol. The molecule has 0 saturated heterocycles. The van der Waals surface area contributed by atoms with Crippen molar-refractivity contribution in [1.29, 1.82) is 0 Å². The molecule has 20 heavy (non-hydrogen) atoms. The standard InChI is InChI=1S/C17H34N2O/c1-5-10-18-16-15(8-9-17(16,2)3)19(4)11-12-20-13-14-6-7-14/h14-16,18H,5-13H2,1-4H3. The van der Waals surface area contributed by atoms with Gasteiger partial charge in [0.15, 0.2) is 0 Å². The Balaban J connectivity index is 1.75. The maximum atomic E-state index is 5.79. The van der Waals surface area contributed by atoms with E-state index in [0.717, 1.165) is 32.2 Å². The van der Waals surface area contributed by atoms with Gasteiger partial charge in [0, 0.05) is 25.2 Å². The molecule has 3 heteroatoms. The molecule has 2 atom stereocenters. The quantitative estimate of drug-likeness (QED) is 0.658. The van der Waals surface area contributed by atoms with Gasteiger partial charge in [-0.15, -0.1) is 0 Å². The van der Waals surface area contributed by atoms with Gasteiger partial charge in [-0.1, -0.05) is 20.8 Å². The first-order valence-corrected chi connectivity index (χ1v) is 8.56. The summed E-state index contributed by atoms with van der Waals surface area (Å²) >= 11 is 0. The highest BCUT2D eigenvalue weighted by molar-refractivity contribution is 5.00. The van der Waals surface area contributed by atoms with Crippen LogP contribution < -0.4 is 5.32 Å². The van der Waals surface area contributed by atoms with Crippen LogP contribution in [0.4, 0.5) is 0 Å². The van der Waals surface area contributed by atoms with Crippen LogP contribution in [0.2, 0.25) is 0 Å². The molecule has 0 heterocycles. The van der Waals surface area contributed by atoms with E-state index in [1.54, 1.807) is 0 Å². The molecule has 0 aromatic rings. The van der Waals surface area contributed by atoms with E-state index < -0.39 is 0 Å². The number of ether oxygens (including phenoxy) is 1. The fourth-order valence-electron chi connectivity index (χ4n) is 3.46. The van der Waals surface area contributed by atoms with Crippen molar-refractivity contribution < 1.29 is 4.74 Å². The third kappa shape index (κ3) is 4.44. The van der Waals surface area contributed by atoms with Gasteiger partial charge in [0.2, 0.25) is 0 Å². The minimum absolute atomic E-state index is 0.420. The first kappa shape index (κ1) is 16.3. The Labute approximate surface area is 125 Å². The summed E-state index contributed by atoms with van der Waals surface area (Å²) in [5.74, 6) is 0.879. The summed E-state index contributed by atoms with van der Waals surface area (Å²) < 4.78 is 5.79. The van der Waals surface area contributed by atoms with Crippen LogP contribution in [0.5, 0.6) is 0 Å². The molecule has 2 rings (SSSR count). The maximum Gasteiger partial charge on any atom is 0.0593 e. The van der Waals surface area contributed by atoms with Crippen LogP contribution in [0.1, 0.15) is 52.9 Å². The van der Waals surface area contributed by atoms with Crippen LogP contribution in [0.3, 0.4) is 0 Å². The lowest BCUT2D eigenvalue weighted by atomic mass is 9.86. The van der Waals surface area contributed by atoms with Gasteiger partial charge in [0.25, 0.3) is 0 Å². The van der Waals surface area contributed by atoms with Gasteiger partial charge in [-0.05, 0) is 57.0 Å². The van der Waals surface area contributed by atoms with Crippen molar-refractivity contribution in [3.8, 4) is 0 Å². The van der Waals surface area contributed by atoms with Crippen molar-refractivity contribution in [2.45, 2.75) is 65.0 Å². The van der Waals surface area contributed by atoms with Gasteiger partial charge >= 0.3 is 0 Å². The minimum Gasteiger partial charge on any atom is -0.380 e. The van der Waals surface area contributed by atoms with Gasteiger partial charge < -0.3 is 10.1 Å². The normalized spacial score (nSPS) is 29.2. The lowest BCUT2D eigenvalue weighted by molar-refractivity contribution is 0.0824. The van der Waals surface area contributed by atoms with E-state index in [2.05, 4.69) is 38.0 Å². The number of nitrogens with one attached hydrogen (secondary N) is 1. The fourth-order valence-corrected chi connectivity index (χ4v) is 3.46. The van der Waals surface area contributed by atoms with Crippen LogP contribution in [0, 0.1) is 11.3 Å². The third-order valence-corrected chi connectivity index (χ3v) is 5.13. The molecule has 3 nitrogen and oxygen atoms in total. The van der Waals surface area contributed by atoms with E-state index in [0.29, 0.717) is 17.5 Å². The van der Waals surface area contributed by atoms with Crippen molar-refractivity contribution in [2.24, 2.45) is 11.3 Å². The summed E-state index contributed by atoms with van der Waals surface area (Å²) in [6.45, 7) is 11.2. The highest BCUT2D eigenvalue weighted by atomic mass is 16.5. The van der Waals surface area contributed by atoms with Gasteiger partial charge in [-0.2, -0.15) is 0 Å². The number of hydrogen-bond donors (Lipinski definition) is 1. The SMILES string of the molecule is CCCNC1C(N(C)CCOCC2CC2)CCC1(C)C. The molecular formula is C17H34N2O. The van der Waals surface area contributed by atoms with Gasteiger partial charge in [0.05, 0.1) is 6.61 Å². The Morgan fingerprint density at radius 1 is 1.25 bits per heavy atom. The van der Waals surface area contributed by atoms with E-state index in [1.807, 2.05) is 0 Å². The van der Waals surface area contributed by atoms with Crippen LogP contribution in [0.25, 0.3) is 0 Å². The first-order valence-electron chi connectivity index (χ1n) is 8.56. The van der Waals surface area contributed by atoms with Crippen molar-refractivity contribution in [2.75, 3.05) is 33.4 Å². The Morgan fingerprint density at radius 3 is 2.65 bits per heavy atom. The fraction of sp³-hybridized carbons (Fsp3) is 1.00. The maximum absolute atomic E-state index is 5.79. The second-order valence-electron chi connectivity index (χ2n) is 7.53. The summed E-state index contributed by atoms with van der Waals surface area (Å²) in [6, 6.07) is 1.29. The molecule has 0 aliphatic heterocycles. The molecule has 0 radical (unpaired) electrons. The largest absolute Gasteiger partial charge is 0.380 e. The zero-order valence-electron chi connectivity index (χ0n) is 14.0. The number of likely N-dealkylation sites (N-methyl/N-ethyl adjacent to an activating group) is 1. The average Bonchev–Trinajstić information content (AvgIpc) is 3.17. The topological polar surface area (TPSA) is 24.5 Å². The monoisotopic (exact) mass is 282 g/mol. The van der Waals surface area contributed by atoms with E-state index >= 15 is 0 Å². The van der Waals surface area contributed by atoms with Crippen LogP contribution in [-0.2, 0) is 4.74 Å². The molecule has 0 bridgehead atoms. The van der Waals surface area contributed by atoms with Crippen LogP contribution >= 0.6 is 0 Å². The lowest BCUT2D eigenvalue weighted by Gasteiger charge is -2.36. The number of rotatable bonds is 9. The molecular weight excluding hydrogens is 248 g/mol. The Bertz CT molecular complexity index is 289. The molecule has 1 N–H and O–H groups in total. The molecule has 0 amide bonds. The molecule has 0 aromatic carbocycles. The minimum atomic E-state index is 0.420. The summed E-state index contributed by atoms with van der Waals surface area (Å²) in [7, 11) is 2.27. The molecule has 2 aliphatic rings. The molecule has 2 fully saturated rings. The molecule has 0 spiro atoms. The van der Waals surface area contributed by atoms with Crippen molar-refractivity contribution in [3.63, 3.8) is 0 Å². The van der Waals surface area contributed by atoms with E-state index in [-0.39, 0.29) is 0 Å². The first-order chi connectivity index (χ1) is 9.54. The highest BCUT2D eigenvalue weighted by Gasteiger charge is 2.42. The predicted molar refractivity (Wildman–Crippen MR) is 85.1 cm³/mol. The number of hydrogen-bond acceptors (Lipinski definition) is 3. The Kier molecular flexibility index (Phi) is 5.88. The van der Waals surface area contributed by atoms with Crippen LogP contribution in [0.15, 0.2) is 0 Å². The molecule has 2 aliphatic carbocycles. The van der Waals surface area contributed by atoms with Gasteiger partial charge in [-0.25, -0.2) is 0 Å². The van der Waals surface area contributed by atoms with E-state index in [4.69, 9.17) is 4.74 Å². The second kappa shape index (κ2) is 7.24. The Hall–Kier alpha value is -0.120. The molecule has 0 aromatic heterocycles. The van der Waals surface area contributed by atoms with Crippen molar-refractivity contribution in [1.82, 2.24) is 10.2 Å². The zero-order valence-corrected chi connectivity index (χ0v) is 14.0. The Morgan fingerprint density at radius 2 is 2.00 bits per heavy atom. The van der Waals surface area contributed by atoms with Crippen LogP contribution in [-0.4, -0.2) is 50.3 Å². The van der Waals surface area contributed by atoms with Gasteiger partial charge in [-0.3, -0.25) is 4.90 Å². The second-order valence-corrected chi connectivity index (χ2v) is 7.53. The zero-order chi connectivity index (χ0) is 14.6. The van der Waals surface area contributed by atoms with E-state index in [9.17, 15) is 0 Å². The summed E-state index contributed by atoms with van der Waals surface area (Å²) in [5, 5.41) is 3.79. The van der Waals surface area contributed by atoms with Crippen molar-refractivity contribution in [3.05, 3.63) is 0 Å². The van der Waals surface area contributed by atoms with Gasteiger partial charge in [0.1, 0.15) is 0 Å². The van der Waals surface area contributed by atoms with Crippen molar-refractivity contribution >= 4 is 0 Å². The number of nitrogens with zero attached hydrogens (tertiary/aromatic N) is 1. The highest BCUT2D eigenvalue weighted by Crippen LogP contribution is 2.39. The summed E-state index contributed by atoms with van der Waals surface area (Å²) in [5.41, 5.74) is 0.420. The molecule has 118 valence electrons. The molecule has 2 saturated carbocycles. The smallest absolute Gasteiger partial charge is 0.0593 e. The summed E-state index contributed by atoms with van der Waals surface area (Å²) in [4.78, 5) is 2.52. The predicted octanol–water partition coefficient (Wildman–Crippen LogP) is 2.90. The third-order valence-electron chi connectivity index (χ3n) is 5.13. The summed E-state index contributed by atoms with van der Waals surface area (Å²) in [6.07, 6.45) is 6.62. The van der Waals surface area contributed by atoms with E-state index in [1.165, 1.54) is 32.1 Å². The molecule has 2 unspecified atom stereocenters.